The summed E-state index contributed by atoms with van der Waals surface area (Å²) in [5.41, 5.74) is 1.19. The Balaban J connectivity index is 2.71. The first-order chi connectivity index (χ1) is 8.65. The molecular formula is C15H12ClFO. The van der Waals surface area contributed by atoms with Crippen LogP contribution in [0.3, 0.4) is 0 Å². The second-order valence-electron chi connectivity index (χ2n) is 3.84. The molecule has 0 atom stereocenters. The minimum absolute atomic E-state index is 0.0961. The summed E-state index contributed by atoms with van der Waals surface area (Å²) in [6, 6.07) is 9.72. The highest BCUT2D eigenvalue weighted by atomic mass is 35.5. The van der Waals surface area contributed by atoms with Crippen molar-refractivity contribution in [1.29, 1.82) is 0 Å². The first kappa shape index (κ1) is 12.7. The predicted octanol–water partition coefficient (Wildman–Crippen LogP) is 4.88. The molecule has 0 heterocycles. The first-order valence-corrected chi connectivity index (χ1v) is 5.92. The Labute approximate surface area is 110 Å². The molecular weight excluding hydrogens is 251 g/mol. The predicted molar refractivity (Wildman–Crippen MR) is 73.2 cm³/mol. The summed E-state index contributed by atoms with van der Waals surface area (Å²) in [7, 11) is 0. The molecule has 0 aliphatic carbocycles. The number of rotatable bonds is 2. The van der Waals surface area contributed by atoms with Crippen LogP contribution in [0.4, 0.5) is 4.39 Å². The Morgan fingerprint density at radius 2 is 1.89 bits per heavy atom. The molecule has 0 unspecified atom stereocenters. The van der Waals surface area contributed by atoms with Crippen molar-refractivity contribution in [2.45, 2.75) is 6.92 Å². The summed E-state index contributed by atoms with van der Waals surface area (Å²) in [6.45, 7) is 1.83. The van der Waals surface area contributed by atoms with Gasteiger partial charge in [-0.25, -0.2) is 4.39 Å². The Morgan fingerprint density at radius 3 is 2.56 bits per heavy atom. The molecule has 0 spiro atoms. The molecule has 2 aromatic rings. The minimum atomic E-state index is -0.492. The summed E-state index contributed by atoms with van der Waals surface area (Å²) in [5.74, 6) is -0.588. The largest absolute Gasteiger partial charge is 0.507 e. The van der Waals surface area contributed by atoms with E-state index in [0.717, 1.165) is 0 Å². The summed E-state index contributed by atoms with van der Waals surface area (Å²) in [5, 5.41) is 10.5. The van der Waals surface area contributed by atoms with Crippen LogP contribution in [-0.2, 0) is 0 Å². The smallest absolute Gasteiger partial charge is 0.134 e. The van der Waals surface area contributed by atoms with Crippen molar-refractivity contribution in [2.24, 2.45) is 0 Å². The van der Waals surface area contributed by atoms with Gasteiger partial charge >= 0.3 is 0 Å². The summed E-state index contributed by atoms with van der Waals surface area (Å²) in [4.78, 5) is 0. The quantitative estimate of drug-likeness (QED) is 0.817. The molecule has 3 heteroatoms. The molecule has 0 saturated heterocycles. The molecule has 1 nitrogen and oxygen atoms in total. The topological polar surface area (TPSA) is 20.2 Å². The van der Waals surface area contributed by atoms with Gasteiger partial charge in [0.2, 0.25) is 0 Å². The molecule has 0 aliphatic heterocycles. The van der Waals surface area contributed by atoms with E-state index in [0.29, 0.717) is 16.1 Å². The van der Waals surface area contributed by atoms with E-state index < -0.39 is 5.82 Å². The standard InChI is InChI=1S/C15H12ClFO/c1-2-5-10-8-9-13(17)14(15(10)18)11-6-3-4-7-12(11)16/h2-9,18H,1H3. The van der Waals surface area contributed by atoms with Crippen LogP contribution in [0.2, 0.25) is 5.02 Å². The summed E-state index contributed by atoms with van der Waals surface area (Å²) >= 11 is 6.04. The number of hydrogen-bond donors (Lipinski definition) is 1. The zero-order valence-corrected chi connectivity index (χ0v) is 10.6. The lowest BCUT2D eigenvalue weighted by molar-refractivity contribution is 0.470. The van der Waals surface area contributed by atoms with Gasteiger partial charge in [-0.3, -0.25) is 0 Å². The van der Waals surface area contributed by atoms with Gasteiger partial charge in [0.05, 0.1) is 5.56 Å². The van der Waals surface area contributed by atoms with Crippen molar-refractivity contribution in [2.75, 3.05) is 0 Å². The van der Waals surface area contributed by atoms with E-state index in [-0.39, 0.29) is 11.3 Å². The third-order valence-corrected chi connectivity index (χ3v) is 2.98. The van der Waals surface area contributed by atoms with E-state index in [1.54, 1.807) is 36.4 Å². The van der Waals surface area contributed by atoms with Gasteiger partial charge in [-0.1, -0.05) is 42.0 Å². The third-order valence-electron chi connectivity index (χ3n) is 2.65. The number of allylic oxidation sites excluding steroid dienone is 1. The number of phenols is 1. The molecule has 0 bridgehead atoms. The van der Waals surface area contributed by atoms with Gasteiger partial charge in [-0.15, -0.1) is 0 Å². The van der Waals surface area contributed by atoms with Crippen LogP contribution in [0, 0.1) is 5.82 Å². The van der Waals surface area contributed by atoms with E-state index in [1.807, 2.05) is 6.92 Å². The van der Waals surface area contributed by atoms with Crippen LogP contribution in [0.5, 0.6) is 5.75 Å². The number of aromatic hydroxyl groups is 1. The monoisotopic (exact) mass is 262 g/mol. The van der Waals surface area contributed by atoms with Gasteiger partial charge in [0, 0.05) is 16.1 Å². The average Bonchev–Trinajstić information content (AvgIpc) is 2.35. The molecule has 18 heavy (non-hydrogen) atoms. The molecule has 0 aliphatic rings. The average molecular weight is 263 g/mol. The fourth-order valence-corrected chi connectivity index (χ4v) is 2.05. The Morgan fingerprint density at radius 1 is 1.17 bits per heavy atom. The SMILES string of the molecule is CC=Cc1ccc(F)c(-c2ccccc2Cl)c1O. The van der Waals surface area contributed by atoms with Crippen LogP contribution < -0.4 is 0 Å². The molecule has 2 rings (SSSR count). The molecule has 0 amide bonds. The molecule has 0 aromatic heterocycles. The lowest BCUT2D eigenvalue weighted by Gasteiger charge is -2.10. The lowest BCUT2D eigenvalue weighted by Crippen LogP contribution is -1.89. The van der Waals surface area contributed by atoms with Crippen LogP contribution in [0.25, 0.3) is 17.2 Å². The fraction of sp³-hybridized carbons (Fsp3) is 0.0667. The Kier molecular flexibility index (Phi) is 3.68. The molecule has 1 N–H and O–H groups in total. The van der Waals surface area contributed by atoms with Crippen molar-refractivity contribution in [3.05, 3.63) is 58.9 Å². The highest BCUT2D eigenvalue weighted by Crippen LogP contribution is 2.38. The fourth-order valence-electron chi connectivity index (χ4n) is 1.82. The normalized spacial score (nSPS) is 11.1. The van der Waals surface area contributed by atoms with E-state index >= 15 is 0 Å². The number of halogens is 2. The molecule has 0 radical (unpaired) electrons. The lowest BCUT2D eigenvalue weighted by atomic mass is 10.0. The highest BCUT2D eigenvalue weighted by Gasteiger charge is 2.15. The second-order valence-corrected chi connectivity index (χ2v) is 4.25. The zero-order valence-electron chi connectivity index (χ0n) is 9.82. The molecule has 92 valence electrons. The number of hydrogen-bond acceptors (Lipinski definition) is 1. The second kappa shape index (κ2) is 5.23. The van der Waals surface area contributed by atoms with Gasteiger partial charge in [0.25, 0.3) is 0 Å². The van der Waals surface area contributed by atoms with Crippen molar-refractivity contribution < 1.29 is 9.50 Å². The number of phenolic OH excluding ortho intramolecular Hbond substituents is 1. The maximum Gasteiger partial charge on any atom is 0.134 e. The van der Waals surface area contributed by atoms with E-state index in [2.05, 4.69) is 0 Å². The molecule has 0 saturated carbocycles. The summed E-state index contributed by atoms with van der Waals surface area (Å²) < 4.78 is 13.9. The molecule has 2 aromatic carbocycles. The maximum atomic E-state index is 13.9. The van der Waals surface area contributed by atoms with Gasteiger partial charge in [-0.2, -0.15) is 0 Å². The Bertz CT molecular complexity index is 605. The highest BCUT2D eigenvalue weighted by molar-refractivity contribution is 6.33. The van der Waals surface area contributed by atoms with Crippen molar-refractivity contribution >= 4 is 17.7 Å². The van der Waals surface area contributed by atoms with Gasteiger partial charge in [0.1, 0.15) is 11.6 Å². The molecule has 0 fully saturated rings. The van der Waals surface area contributed by atoms with E-state index in [1.165, 1.54) is 12.1 Å². The van der Waals surface area contributed by atoms with Gasteiger partial charge in [0.15, 0.2) is 0 Å². The van der Waals surface area contributed by atoms with Gasteiger partial charge < -0.3 is 5.11 Å². The maximum absolute atomic E-state index is 13.9. The van der Waals surface area contributed by atoms with Crippen molar-refractivity contribution in [1.82, 2.24) is 0 Å². The van der Waals surface area contributed by atoms with Crippen LogP contribution in [0.1, 0.15) is 12.5 Å². The van der Waals surface area contributed by atoms with E-state index in [9.17, 15) is 9.50 Å². The van der Waals surface area contributed by atoms with Crippen LogP contribution in [0.15, 0.2) is 42.5 Å². The Hall–Kier alpha value is -1.80. The summed E-state index contributed by atoms with van der Waals surface area (Å²) in [6.07, 6.45) is 3.50. The van der Waals surface area contributed by atoms with Gasteiger partial charge in [-0.05, 0) is 25.1 Å². The van der Waals surface area contributed by atoms with Crippen LogP contribution >= 0.6 is 11.6 Å². The minimum Gasteiger partial charge on any atom is -0.507 e. The van der Waals surface area contributed by atoms with Crippen molar-refractivity contribution in [3.8, 4) is 16.9 Å². The van der Waals surface area contributed by atoms with E-state index in [4.69, 9.17) is 11.6 Å². The number of benzene rings is 2. The zero-order chi connectivity index (χ0) is 13.1. The van der Waals surface area contributed by atoms with Crippen molar-refractivity contribution in [3.63, 3.8) is 0 Å². The first-order valence-electron chi connectivity index (χ1n) is 5.54. The third kappa shape index (κ3) is 2.24. The van der Waals surface area contributed by atoms with Crippen LogP contribution in [-0.4, -0.2) is 5.11 Å².